The molecule has 0 unspecified atom stereocenters. The van der Waals surface area contributed by atoms with Crippen LogP contribution in [0.25, 0.3) is 24.2 Å². The second-order valence-electron chi connectivity index (χ2n) is 5.88. The second-order valence-corrected chi connectivity index (χ2v) is 5.88. The van der Waals surface area contributed by atoms with Gasteiger partial charge in [0, 0.05) is 29.1 Å². The summed E-state index contributed by atoms with van der Waals surface area (Å²) in [6.07, 6.45) is 5.78. The number of nitrogens with zero attached hydrogens (tertiary/aromatic N) is 3. The highest BCUT2D eigenvalue weighted by atomic mass is 16.5. The summed E-state index contributed by atoms with van der Waals surface area (Å²) in [5.74, 6) is 2.12. The smallest absolute Gasteiger partial charge is 0.178 e. The Kier molecular flexibility index (Phi) is 5.61. The third-order valence-corrected chi connectivity index (χ3v) is 4.07. The Morgan fingerprint density at radius 3 is 2.67 bits per heavy atom. The van der Waals surface area contributed by atoms with Crippen molar-refractivity contribution in [2.24, 2.45) is 0 Å². The second kappa shape index (κ2) is 8.27. The molecule has 27 heavy (non-hydrogen) atoms. The highest BCUT2D eigenvalue weighted by molar-refractivity contribution is 5.50. The van der Waals surface area contributed by atoms with Crippen molar-refractivity contribution in [2.45, 2.75) is 6.42 Å². The number of pyridine rings is 1. The Morgan fingerprint density at radius 2 is 1.93 bits per heavy atom. The summed E-state index contributed by atoms with van der Waals surface area (Å²) in [6, 6.07) is 11.5. The van der Waals surface area contributed by atoms with Crippen molar-refractivity contribution < 1.29 is 9.47 Å². The van der Waals surface area contributed by atoms with Crippen molar-refractivity contribution >= 4 is 12.7 Å². The molecular weight excluding hydrogens is 338 g/mol. The highest BCUT2D eigenvalue weighted by Gasteiger charge is 2.09. The van der Waals surface area contributed by atoms with Gasteiger partial charge < -0.3 is 9.47 Å². The lowest BCUT2D eigenvalue weighted by atomic mass is 10.1. The van der Waals surface area contributed by atoms with Gasteiger partial charge in [0.1, 0.15) is 17.2 Å². The minimum atomic E-state index is 0.551. The molecule has 3 rings (SSSR count). The maximum atomic E-state index is 5.46. The molecule has 2 heterocycles. The molecule has 5 heteroatoms. The summed E-state index contributed by atoms with van der Waals surface area (Å²) in [5.41, 5.74) is 2.58. The van der Waals surface area contributed by atoms with Gasteiger partial charge in [-0.15, -0.1) is 0 Å². The molecule has 2 aromatic heterocycles. The zero-order valence-electron chi connectivity index (χ0n) is 15.5. The van der Waals surface area contributed by atoms with E-state index < -0.39 is 0 Å². The molecule has 0 fully saturated rings. The average Bonchev–Trinajstić information content (AvgIpc) is 2.70. The van der Waals surface area contributed by atoms with Crippen molar-refractivity contribution in [1.82, 2.24) is 15.0 Å². The van der Waals surface area contributed by atoms with E-state index in [1.807, 2.05) is 36.4 Å². The molecule has 0 aliphatic heterocycles. The number of benzene rings is 1. The number of hydrogen-bond acceptors (Lipinski definition) is 5. The van der Waals surface area contributed by atoms with Crippen LogP contribution in [0.1, 0.15) is 11.3 Å². The van der Waals surface area contributed by atoms with E-state index in [4.69, 9.17) is 14.5 Å². The van der Waals surface area contributed by atoms with Gasteiger partial charge in [0.15, 0.2) is 5.82 Å². The van der Waals surface area contributed by atoms with Gasteiger partial charge in [-0.25, -0.2) is 15.0 Å². The Hall–Kier alpha value is -3.47. The first-order valence-corrected chi connectivity index (χ1v) is 8.46. The summed E-state index contributed by atoms with van der Waals surface area (Å²) in [6.45, 7) is 7.64. The summed E-state index contributed by atoms with van der Waals surface area (Å²) >= 11 is 0. The minimum Gasteiger partial charge on any atom is -0.497 e. The van der Waals surface area contributed by atoms with Crippen molar-refractivity contribution in [3.63, 3.8) is 0 Å². The third kappa shape index (κ3) is 4.20. The lowest BCUT2D eigenvalue weighted by molar-refractivity contribution is 0.399. The van der Waals surface area contributed by atoms with Gasteiger partial charge >= 0.3 is 0 Å². The van der Waals surface area contributed by atoms with E-state index in [9.17, 15) is 0 Å². The maximum Gasteiger partial charge on any atom is 0.178 e. The maximum absolute atomic E-state index is 5.46. The number of hydrogen-bond donors (Lipinski definition) is 0. The molecule has 0 aliphatic rings. The summed E-state index contributed by atoms with van der Waals surface area (Å²) in [4.78, 5) is 13.6. The van der Waals surface area contributed by atoms with Crippen LogP contribution in [0.5, 0.6) is 11.5 Å². The van der Waals surface area contributed by atoms with E-state index >= 15 is 0 Å². The van der Waals surface area contributed by atoms with Crippen molar-refractivity contribution in [2.75, 3.05) is 14.2 Å². The van der Waals surface area contributed by atoms with E-state index in [2.05, 4.69) is 23.1 Å². The highest BCUT2D eigenvalue weighted by Crippen LogP contribution is 2.26. The number of allylic oxidation sites excluding steroid dienone is 1. The number of methoxy groups -OCH3 is 2. The number of ether oxygens (including phenoxy) is 2. The normalized spacial score (nSPS) is 11.3. The zero-order valence-corrected chi connectivity index (χ0v) is 15.5. The van der Waals surface area contributed by atoms with E-state index in [1.54, 1.807) is 32.6 Å². The van der Waals surface area contributed by atoms with Crippen molar-refractivity contribution in [1.29, 1.82) is 0 Å². The molecule has 0 N–H and O–H groups in total. The fourth-order valence-corrected chi connectivity index (χ4v) is 2.72. The molecule has 5 nitrogen and oxygen atoms in total. The van der Waals surface area contributed by atoms with Crippen LogP contribution in [0.15, 0.2) is 55.3 Å². The van der Waals surface area contributed by atoms with Crippen molar-refractivity contribution in [3.8, 4) is 23.0 Å². The predicted molar refractivity (Wildman–Crippen MR) is 107 cm³/mol. The number of aromatic nitrogens is 3. The number of rotatable bonds is 6. The van der Waals surface area contributed by atoms with Crippen LogP contribution in [0.3, 0.4) is 0 Å². The first kappa shape index (κ1) is 18.3. The molecular formula is C22H21N3O2. The average molecular weight is 359 g/mol. The lowest BCUT2D eigenvalue weighted by Crippen LogP contribution is -2.28. The summed E-state index contributed by atoms with van der Waals surface area (Å²) in [5, 5.41) is 1.48. The van der Waals surface area contributed by atoms with Gasteiger partial charge in [0.25, 0.3) is 0 Å². The van der Waals surface area contributed by atoms with Gasteiger partial charge in [-0.1, -0.05) is 25.3 Å². The molecule has 0 aliphatic carbocycles. The predicted octanol–water partition coefficient (Wildman–Crippen LogP) is 2.52. The molecule has 0 saturated carbocycles. The molecule has 0 bridgehead atoms. The summed E-state index contributed by atoms with van der Waals surface area (Å²) in [7, 11) is 3.30. The molecule has 0 spiro atoms. The fourth-order valence-electron chi connectivity index (χ4n) is 2.72. The molecule has 0 amide bonds. The van der Waals surface area contributed by atoms with Crippen LogP contribution < -0.4 is 20.0 Å². The summed E-state index contributed by atoms with van der Waals surface area (Å²) < 4.78 is 10.8. The minimum absolute atomic E-state index is 0.551. The van der Waals surface area contributed by atoms with E-state index in [0.717, 1.165) is 33.3 Å². The lowest BCUT2D eigenvalue weighted by Gasteiger charge is -2.10. The van der Waals surface area contributed by atoms with Crippen LogP contribution in [0.2, 0.25) is 0 Å². The topological polar surface area (TPSA) is 57.1 Å². The Bertz CT molecular complexity index is 1080. The van der Waals surface area contributed by atoms with Crippen molar-refractivity contribution in [3.05, 3.63) is 77.1 Å². The molecule has 136 valence electrons. The van der Waals surface area contributed by atoms with Gasteiger partial charge in [0.2, 0.25) is 0 Å². The van der Waals surface area contributed by atoms with Crippen LogP contribution >= 0.6 is 0 Å². The monoisotopic (exact) mass is 359 g/mol. The Balaban J connectivity index is 1.98. The van der Waals surface area contributed by atoms with E-state index in [0.29, 0.717) is 17.9 Å². The molecule has 0 radical (unpaired) electrons. The van der Waals surface area contributed by atoms with Gasteiger partial charge in [0.05, 0.1) is 19.6 Å². The first-order chi connectivity index (χ1) is 13.1. The third-order valence-electron chi connectivity index (χ3n) is 4.07. The van der Waals surface area contributed by atoms with Crippen LogP contribution in [-0.2, 0) is 6.42 Å². The molecule has 3 aromatic rings. The first-order valence-electron chi connectivity index (χ1n) is 8.46. The van der Waals surface area contributed by atoms with Crippen LogP contribution in [0, 0.1) is 0 Å². The SMILES string of the molecule is C=C/C=c1/nc(-c2cccc(Cc3cc(OC)ccc3OC)n2)ncc1=C. The van der Waals surface area contributed by atoms with E-state index in [-0.39, 0.29) is 0 Å². The Labute approximate surface area is 158 Å². The Morgan fingerprint density at radius 1 is 1.07 bits per heavy atom. The molecule has 0 saturated heterocycles. The van der Waals surface area contributed by atoms with Crippen LogP contribution in [-0.4, -0.2) is 29.2 Å². The van der Waals surface area contributed by atoms with Gasteiger partial charge in [-0.3, -0.25) is 0 Å². The molecule has 0 atom stereocenters. The van der Waals surface area contributed by atoms with Crippen LogP contribution in [0.4, 0.5) is 0 Å². The largest absolute Gasteiger partial charge is 0.497 e. The standard InChI is InChI=1S/C22H21N3O2/c1-5-7-19-15(2)14-23-22(25-19)20-9-6-8-17(24-20)12-16-13-18(26-3)10-11-21(16)27-4/h5-11,13-14H,1-2,12H2,3-4H3/b19-7+. The molecule has 1 aromatic carbocycles. The van der Waals surface area contributed by atoms with Gasteiger partial charge in [-0.2, -0.15) is 0 Å². The fraction of sp³-hybridized carbons (Fsp3) is 0.136. The van der Waals surface area contributed by atoms with E-state index in [1.165, 1.54) is 0 Å². The quantitative estimate of drug-likeness (QED) is 0.677. The zero-order chi connectivity index (χ0) is 19.2. The van der Waals surface area contributed by atoms with Gasteiger partial charge in [-0.05, 0) is 36.4 Å².